The van der Waals surface area contributed by atoms with E-state index in [1.165, 1.54) is 24.1 Å². The molecule has 2 heteroatoms. The predicted molar refractivity (Wildman–Crippen MR) is 62.9 cm³/mol. The Kier molecular flexibility index (Phi) is 2.84. The predicted octanol–water partition coefficient (Wildman–Crippen LogP) is 2.74. The van der Waals surface area contributed by atoms with Gasteiger partial charge in [-0.25, -0.2) is 0 Å². The third kappa shape index (κ3) is 1.96. The number of hydrogen-bond acceptors (Lipinski definition) is 2. The molecule has 0 amide bonds. The first-order chi connectivity index (χ1) is 6.66. The molecule has 1 aliphatic rings. The van der Waals surface area contributed by atoms with Crippen LogP contribution in [0.4, 0.5) is 0 Å². The zero-order chi connectivity index (χ0) is 10.1. The average molecular weight is 207 g/mol. The van der Waals surface area contributed by atoms with Crippen LogP contribution in [0, 0.1) is 0 Å². The van der Waals surface area contributed by atoms with E-state index in [9.17, 15) is 0 Å². The topological polar surface area (TPSA) is 3.24 Å². The van der Waals surface area contributed by atoms with E-state index in [1.807, 2.05) is 0 Å². The summed E-state index contributed by atoms with van der Waals surface area (Å²) in [6.07, 6.45) is 1.18. The Labute approximate surface area is 91.5 Å². The van der Waals surface area contributed by atoms with Gasteiger partial charge in [-0.1, -0.05) is 6.07 Å². The molecule has 0 aromatic heterocycles. The summed E-state index contributed by atoms with van der Waals surface area (Å²) in [5, 5.41) is 0. The lowest BCUT2D eigenvalue weighted by atomic mass is 9.99. The van der Waals surface area contributed by atoms with Crippen molar-refractivity contribution < 1.29 is 0 Å². The normalized spacial score (nSPS) is 17.1. The van der Waals surface area contributed by atoms with Gasteiger partial charge in [0.05, 0.1) is 0 Å². The molecule has 0 saturated heterocycles. The lowest BCUT2D eigenvalue weighted by Crippen LogP contribution is -2.35. The first-order valence-electron chi connectivity index (χ1n) is 5.21. The Bertz CT molecular complexity index is 333. The van der Waals surface area contributed by atoms with Crippen LogP contribution in [0.5, 0.6) is 0 Å². The quantitative estimate of drug-likeness (QED) is 0.693. The highest BCUT2D eigenvalue weighted by Gasteiger charge is 2.17. The first kappa shape index (κ1) is 10.1. The molecular weight excluding hydrogens is 190 g/mol. The van der Waals surface area contributed by atoms with Crippen molar-refractivity contribution >= 4 is 12.6 Å². The van der Waals surface area contributed by atoms with Crippen molar-refractivity contribution in [3.63, 3.8) is 0 Å². The fourth-order valence-corrected chi connectivity index (χ4v) is 2.24. The van der Waals surface area contributed by atoms with E-state index in [2.05, 4.69) is 49.6 Å². The van der Waals surface area contributed by atoms with Crippen LogP contribution >= 0.6 is 12.6 Å². The maximum absolute atomic E-state index is 4.38. The lowest BCUT2D eigenvalue weighted by molar-refractivity contribution is 0.203. The number of nitrogens with zero attached hydrogens (tertiary/aromatic N) is 1. The minimum Gasteiger partial charge on any atom is -0.296 e. The van der Waals surface area contributed by atoms with Gasteiger partial charge < -0.3 is 0 Å². The molecule has 0 fully saturated rings. The molecule has 0 radical (unpaired) electrons. The van der Waals surface area contributed by atoms with Gasteiger partial charge in [-0.2, -0.15) is 0 Å². The Balaban J connectivity index is 2.24. The van der Waals surface area contributed by atoms with Gasteiger partial charge in [-0.05, 0) is 43.5 Å². The standard InChI is InChI=1S/C12H17NS/c1-9(2)13-6-5-10-3-4-12(14)7-11(10)8-13/h3-4,7,9,14H,5-6,8H2,1-2H3. The maximum Gasteiger partial charge on any atom is 0.0239 e. The average Bonchev–Trinajstić information content (AvgIpc) is 2.16. The molecule has 1 heterocycles. The van der Waals surface area contributed by atoms with E-state index in [0.29, 0.717) is 6.04 Å². The highest BCUT2D eigenvalue weighted by atomic mass is 32.1. The summed E-state index contributed by atoms with van der Waals surface area (Å²) in [7, 11) is 0. The summed E-state index contributed by atoms with van der Waals surface area (Å²) in [6.45, 7) is 6.79. The third-order valence-electron chi connectivity index (χ3n) is 2.96. The monoisotopic (exact) mass is 207 g/mol. The van der Waals surface area contributed by atoms with Crippen LogP contribution in [0.1, 0.15) is 25.0 Å². The summed E-state index contributed by atoms with van der Waals surface area (Å²) in [6, 6.07) is 7.15. The zero-order valence-electron chi connectivity index (χ0n) is 8.83. The number of rotatable bonds is 1. The van der Waals surface area contributed by atoms with Crippen molar-refractivity contribution in [2.24, 2.45) is 0 Å². The molecule has 0 bridgehead atoms. The van der Waals surface area contributed by atoms with Crippen LogP contribution in [-0.4, -0.2) is 17.5 Å². The summed E-state index contributed by atoms with van der Waals surface area (Å²) in [5.74, 6) is 0. The van der Waals surface area contributed by atoms with Gasteiger partial charge >= 0.3 is 0 Å². The number of hydrogen-bond donors (Lipinski definition) is 1. The molecule has 0 saturated carbocycles. The highest BCUT2D eigenvalue weighted by molar-refractivity contribution is 7.80. The Hall–Kier alpha value is -0.470. The Morgan fingerprint density at radius 2 is 2.07 bits per heavy atom. The maximum atomic E-state index is 4.38. The van der Waals surface area contributed by atoms with E-state index >= 15 is 0 Å². The van der Waals surface area contributed by atoms with Gasteiger partial charge in [-0.3, -0.25) is 4.90 Å². The van der Waals surface area contributed by atoms with Gasteiger partial charge in [-0.15, -0.1) is 12.6 Å². The molecule has 0 N–H and O–H groups in total. The molecule has 14 heavy (non-hydrogen) atoms. The van der Waals surface area contributed by atoms with Crippen LogP contribution < -0.4 is 0 Å². The smallest absolute Gasteiger partial charge is 0.0239 e. The Morgan fingerprint density at radius 3 is 2.79 bits per heavy atom. The number of thiol groups is 1. The molecule has 0 atom stereocenters. The Morgan fingerprint density at radius 1 is 1.29 bits per heavy atom. The van der Waals surface area contributed by atoms with Crippen molar-refractivity contribution in [3.8, 4) is 0 Å². The highest BCUT2D eigenvalue weighted by Crippen LogP contribution is 2.22. The van der Waals surface area contributed by atoms with Crippen molar-refractivity contribution in [3.05, 3.63) is 29.3 Å². The van der Waals surface area contributed by atoms with Crippen LogP contribution in [0.15, 0.2) is 23.1 Å². The molecular formula is C12H17NS. The van der Waals surface area contributed by atoms with Gasteiger partial charge in [0, 0.05) is 24.0 Å². The summed E-state index contributed by atoms with van der Waals surface area (Å²) >= 11 is 4.38. The van der Waals surface area contributed by atoms with Crippen molar-refractivity contribution in [1.82, 2.24) is 4.90 Å². The van der Waals surface area contributed by atoms with E-state index < -0.39 is 0 Å². The second-order valence-electron chi connectivity index (χ2n) is 4.27. The SMILES string of the molecule is CC(C)N1CCc2ccc(S)cc2C1. The molecule has 0 unspecified atom stereocenters. The van der Waals surface area contributed by atoms with Crippen molar-refractivity contribution in [1.29, 1.82) is 0 Å². The summed E-state index contributed by atoms with van der Waals surface area (Å²) < 4.78 is 0. The molecule has 76 valence electrons. The van der Waals surface area contributed by atoms with Crippen LogP contribution in [-0.2, 0) is 13.0 Å². The minimum atomic E-state index is 0.645. The molecule has 0 spiro atoms. The van der Waals surface area contributed by atoms with Gasteiger partial charge in [0.1, 0.15) is 0 Å². The van der Waals surface area contributed by atoms with Gasteiger partial charge in [0.2, 0.25) is 0 Å². The third-order valence-corrected chi connectivity index (χ3v) is 3.24. The molecule has 1 aromatic rings. The van der Waals surface area contributed by atoms with E-state index in [1.54, 1.807) is 0 Å². The van der Waals surface area contributed by atoms with Crippen LogP contribution in [0.2, 0.25) is 0 Å². The fraction of sp³-hybridized carbons (Fsp3) is 0.500. The number of fused-ring (bicyclic) bond motifs is 1. The van der Waals surface area contributed by atoms with E-state index in [-0.39, 0.29) is 0 Å². The molecule has 2 rings (SSSR count). The van der Waals surface area contributed by atoms with Crippen molar-refractivity contribution in [2.75, 3.05) is 6.54 Å². The largest absolute Gasteiger partial charge is 0.296 e. The van der Waals surface area contributed by atoms with Gasteiger partial charge in [0.15, 0.2) is 0 Å². The van der Waals surface area contributed by atoms with Crippen LogP contribution in [0.25, 0.3) is 0 Å². The first-order valence-corrected chi connectivity index (χ1v) is 5.66. The lowest BCUT2D eigenvalue weighted by Gasteiger charge is -2.32. The van der Waals surface area contributed by atoms with E-state index in [4.69, 9.17) is 0 Å². The second-order valence-corrected chi connectivity index (χ2v) is 4.78. The van der Waals surface area contributed by atoms with Crippen LogP contribution in [0.3, 0.4) is 0 Å². The molecule has 1 aromatic carbocycles. The zero-order valence-corrected chi connectivity index (χ0v) is 9.72. The molecule has 1 aliphatic heterocycles. The molecule has 0 aliphatic carbocycles. The summed E-state index contributed by atoms with van der Waals surface area (Å²) in [4.78, 5) is 3.59. The summed E-state index contributed by atoms with van der Waals surface area (Å²) in [5.41, 5.74) is 2.96. The fourth-order valence-electron chi connectivity index (χ4n) is 2.01. The molecule has 1 nitrogen and oxygen atoms in total. The van der Waals surface area contributed by atoms with Crippen molar-refractivity contribution in [2.45, 2.75) is 37.8 Å². The second kappa shape index (κ2) is 3.95. The van der Waals surface area contributed by atoms with Gasteiger partial charge in [0.25, 0.3) is 0 Å². The van der Waals surface area contributed by atoms with E-state index in [0.717, 1.165) is 11.4 Å². The number of benzene rings is 1. The minimum absolute atomic E-state index is 0.645.